The van der Waals surface area contributed by atoms with Crippen molar-refractivity contribution in [2.75, 3.05) is 20.3 Å². The fourth-order valence-electron chi connectivity index (χ4n) is 1.94. The lowest BCUT2D eigenvalue weighted by Crippen LogP contribution is -2.01. The predicted octanol–water partition coefficient (Wildman–Crippen LogP) is 3.56. The summed E-state index contributed by atoms with van der Waals surface area (Å²) in [5.41, 5.74) is 2.10. The molecule has 4 heteroatoms. The van der Waals surface area contributed by atoms with Crippen LogP contribution >= 0.6 is 0 Å². The molecule has 0 saturated carbocycles. The molecule has 0 unspecified atom stereocenters. The van der Waals surface area contributed by atoms with Crippen molar-refractivity contribution in [1.29, 1.82) is 5.26 Å². The Balaban J connectivity index is 2.11. The first-order valence-corrected chi connectivity index (χ1v) is 7.08. The average molecular weight is 294 g/mol. The van der Waals surface area contributed by atoms with Gasteiger partial charge in [0.15, 0.2) is 0 Å². The average Bonchev–Trinajstić information content (AvgIpc) is 2.58. The Hall–Kier alpha value is -2.64. The molecule has 0 N–H and O–H groups in total. The van der Waals surface area contributed by atoms with E-state index in [2.05, 4.69) is 11.1 Å². The molecule has 0 aliphatic heterocycles. The minimum atomic E-state index is 0.525. The van der Waals surface area contributed by atoms with E-state index >= 15 is 0 Å². The van der Waals surface area contributed by atoms with Crippen LogP contribution in [0.15, 0.2) is 48.7 Å². The smallest absolute Gasteiger partial charge is 0.119 e. The number of aromatic nitrogens is 1. The number of hydrogen-bond acceptors (Lipinski definition) is 4. The van der Waals surface area contributed by atoms with Gasteiger partial charge in [0.05, 0.1) is 17.9 Å². The summed E-state index contributed by atoms with van der Waals surface area (Å²) in [5, 5.41) is 9.31. The lowest BCUT2D eigenvalue weighted by molar-refractivity contribution is 0.172. The number of hydrogen-bond donors (Lipinski definition) is 0. The third-order valence-corrected chi connectivity index (χ3v) is 2.99. The fraction of sp³-hybridized carbons (Fsp3) is 0.222. The zero-order chi connectivity index (χ0) is 15.6. The monoisotopic (exact) mass is 294 g/mol. The van der Waals surface area contributed by atoms with Crippen LogP contribution in [0.1, 0.15) is 17.7 Å². The number of rotatable bonds is 7. The van der Waals surface area contributed by atoms with Gasteiger partial charge in [0.2, 0.25) is 0 Å². The highest BCUT2D eigenvalue weighted by molar-refractivity contribution is 5.88. The number of methoxy groups -OCH3 is 1. The van der Waals surface area contributed by atoms with Crippen LogP contribution in [-0.4, -0.2) is 25.3 Å². The molecule has 0 fully saturated rings. The Bertz CT molecular complexity index is 660. The Morgan fingerprint density at radius 3 is 2.86 bits per heavy atom. The zero-order valence-corrected chi connectivity index (χ0v) is 12.5. The van der Waals surface area contributed by atoms with E-state index in [1.807, 2.05) is 48.5 Å². The molecule has 2 rings (SSSR count). The molecule has 0 saturated heterocycles. The summed E-state index contributed by atoms with van der Waals surface area (Å²) in [6.45, 7) is 1.28. The van der Waals surface area contributed by atoms with Gasteiger partial charge in [0, 0.05) is 26.3 Å². The van der Waals surface area contributed by atoms with Gasteiger partial charge in [-0.3, -0.25) is 4.98 Å². The highest BCUT2D eigenvalue weighted by atomic mass is 16.5. The summed E-state index contributed by atoms with van der Waals surface area (Å²) < 4.78 is 10.6. The summed E-state index contributed by atoms with van der Waals surface area (Å²) >= 11 is 0. The lowest BCUT2D eigenvalue weighted by atomic mass is 10.1. The van der Waals surface area contributed by atoms with Crippen LogP contribution < -0.4 is 4.74 Å². The molecule has 0 aliphatic carbocycles. The van der Waals surface area contributed by atoms with Gasteiger partial charge < -0.3 is 9.47 Å². The molecule has 1 aromatic heterocycles. The third kappa shape index (κ3) is 4.72. The van der Waals surface area contributed by atoms with Gasteiger partial charge >= 0.3 is 0 Å². The van der Waals surface area contributed by atoms with E-state index in [9.17, 15) is 5.26 Å². The number of ether oxygens (including phenoxy) is 2. The minimum absolute atomic E-state index is 0.525. The normalized spacial score (nSPS) is 11.0. The van der Waals surface area contributed by atoms with Gasteiger partial charge in [-0.15, -0.1) is 0 Å². The maximum atomic E-state index is 9.31. The summed E-state index contributed by atoms with van der Waals surface area (Å²) in [4.78, 5) is 4.20. The summed E-state index contributed by atoms with van der Waals surface area (Å²) in [6.07, 6.45) is 4.33. The van der Waals surface area contributed by atoms with E-state index in [0.717, 1.165) is 17.7 Å². The molecule has 4 nitrogen and oxygen atoms in total. The van der Waals surface area contributed by atoms with Crippen molar-refractivity contribution in [2.24, 2.45) is 0 Å². The first-order chi connectivity index (χ1) is 10.8. The van der Waals surface area contributed by atoms with Crippen LogP contribution in [0.5, 0.6) is 5.75 Å². The first-order valence-electron chi connectivity index (χ1n) is 7.08. The van der Waals surface area contributed by atoms with E-state index in [1.165, 1.54) is 0 Å². The summed E-state index contributed by atoms with van der Waals surface area (Å²) in [6, 6.07) is 15.3. The quantitative estimate of drug-likeness (QED) is 0.578. The summed E-state index contributed by atoms with van der Waals surface area (Å²) in [5.74, 6) is 0.781. The van der Waals surface area contributed by atoms with Gasteiger partial charge in [-0.25, -0.2) is 0 Å². The topological polar surface area (TPSA) is 55.1 Å². The highest BCUT2D eigenvalue weighted by Gasteiger charge is 2.02. The van der Waals surface area contributed by atoms with Crippen molar-refractivity contribution in [3.8, 4) is 11.8 Å². The molecule has 1 aromatic carbocycles. The standard InChI is InChI=1S/C18H18N2O2/c1-21-10-5-11-22-17-7-4-6-15(13-17)12-16(14-19)18-8-2-3-9-20-18/h2-4,6-9,12-13H,5,10-11H2,1H3. The Morgan fingerprint density at radius 1 is 1.23 bits per heavy atom. The molecule has 0 amide bonds. The SMILES string of the molecule is COCCCOc1cccc(C=C(C#N)c2ccccn2)c1. The Kier molecular flexibility index (Phi) is 6.16. The second-order valence-corrected chi connectivity index (χ2v) is 4.65. The van der Waals surface area contributed by atoms with Crippen molar-refractivity contribution in [3.63, 3.8) is 0 Å². The molecule has 0 bridgehead atoms. The maximum absolute atomic E-state index is 9.31. The number of allylic oxidation sites excluding steroid dienone is 1. The van der Waals surface area contributed by atoms with Crippen LogP contribution in [0.25, 0.3) is 11.6 Å². The number of benzene rings is 1. The van der Waals surface area contributed by atoms with Gasteiger partial charge in [0.1, 0.15) is 11.8 Å². The van der Waals surface area contributed by atoms with E-state index < -0.39 is 0 Å². The van der Waals surface area contributed by atoms with Gasteiger partial charge in [0.25, 0.3) is 0 Å². The fourth-order valence-corrected chi connectivity index (χ4v) is 1.94. The van der Waals surface area contributed by atoms with Crippen molar-refractivity contribution in [2.45, 2.75) is 6.42 Å². The number of nitrogens with zero attached hydrogens (tertiary/aromatic N) is 2. The molecular formula is C18H18N2O2. The van der Waals surface area contributed by atoms with Crippen LogP contribution in [0.4, 0.5) is 0 Å². The second kappa shape index (κ2) is 8.60. The molecule has 0 spiro atoms. The number of pyridine rings is 1. The molecular weight excluding hydrogens is 276 g/mol. The van der Waals surface area contributed by atoms with Crippen LogP contribution in [-0.2, 0) is 4.74 Å². The molecule has 112 valence electrons. The zero-order valence-electron chi connectivity index (χ0n) is 12.5. The van der Waals surface area contributed by atoms with Crippen LogP contribution in [0.2, 0.25) is 0 Å². The second-order valence-electron chi connectivity index (χ2n) is 4.65. The van der Waals surface area contributed by atoms with Crippen LogP contribution in [0.3, 0.4) is 0 Å². The largest absolute Gasteiger partial charge is 0.493 e. The molecule has 2 aromatic rings. The van der Waals surface area contributed by atoms with E-state index in [1.54, 1.807) is 13.3 Å². The van der Waals surface area contributed by atoms with E-state index in [4.69, 9.17) is 9.47 Å². The van der Waals surface area contributed by atoms with Crippen molar-refractivity contribution < 1.29 is 9.47 Å². The van der Waals surface area contributed by atoms with Gasteiger partial charge in [-0.05, 0) is 35.9 Å². The van der Waals surface area contributed by atoms with E-state index in [-0.39, 0.29) is 0 Å². The predicted molar refractivity (Wildman–Crippen MR) is 86.2 cm³/mol. The van der Waals surface area contributed by atoms with Gasteiger partial charge in [-0.1, -0.05) is 18.2 Å². The lowest BCUT2D eigenvalue weighted by Gasteiger charge is -2.06. The maximum Gasteiger partial charge on any atom is 0.119 e. The van der Waals surface area contributed by atoms with Gasteiger partial charge in [-0.2, -0.15) is 5.26 Å². The van der Waals surface area contributed by atoms with Crippen molar-refractivity contribution in [3.05, 3.63) is 59.9 Å². The highest BCUT2D eigenvalue weighted by Crippen LogP contribution is 2.19. The van der Waals surface area contributed by atoms with Crippen molar-refractivity contribution in [1.82, 2.24) is 4.98 Å². The Labute approximate surface area is 130 Å². The number of nitriles is 1. The van der Waals surface area contributed by atoms with Crippen LogP contribution in [0, 0.1) is 11.3 Å². The molecule has 22 heavy (non-hydrogen) atoms. The first kappa shape index (κ1) is 15.7. The molecule has 0 atom stereocenters. The van der Waals surface area contributed by atoms with Crippen molar-refractivity contribution >= 4 is 11.6 Å². The molecule has 0 aliphatic rings. The summed E-state index contributed by atoms with van der Waals surface area (Å²) in [7, 11) is 1.67. The molecule has 1 heterocycles. The molecule has 0 radical (unpaired) electrons. The minimum Gasteiger partial charge on any atom is -0.493 e. The third-order valence-electron chi connectivity index (χ3n) is 2.99. The van der Waals surface area contributed by atoms with E-state index in [0.29, 0.717) is 24.5 Å². The Morgan fingerprint density at radius 2 is 2.14 bits per heavy atom.